The van der Waals surface area contributed by atoms with Gasteiger partial charge in [0, 0.05) is 0 Å². The molecule has 108 valence electrons. The van der Waals surface area contributed by atoms with Gasteiger partial charge in [-0.15, -0.1) is 0 Å². The van der Waals surface area contributed by atoms with Crippen LogP contribution in [0.5, 0.6) is 0 Å². The Bertz CT molecular complexity index is 629. The van der Waals surface area contributed by atoms with E-state index in [2.05, 4.69) is 21.2 Å². The zero-order chi connectivity index (χ0) is 15.0. The number of benzene rings is 1. The molecule has 1 N–H and O–H groups in total. The Morgan fingerprint density at radius 1 is 0.950 bits per heavy atom. The van der Waals surface area contributed by atoms with Crippen molar-refractivity contribution in [3.63, 3.8) is 0 Å². The lowest BCUT2D eigenvalue weighted by molar-refractivity contribution is 0.354. The molecule has 8 heteroatoms. The molecule has 0 aliphatic heterocycles. The van der Waals surface area contributed by atoms with Gasteiger partial charge in [-0.1, -0.05) is 0 Å². The van der Waals surface area contributed by atoms with Gasteiger partial charge in [-0.2, -0.15) is 0 Å². The van der Waals surface area contributed by atoms with Gasteiger partial charge in [0.05, 0.1) is 11.6 Å². The summed E-state index contributed by atoms with van der Waals surface area (Å²) in [5.41, 5.74) is -0.995. The van der Waals surface area contributed by atoms with E-state index in [1.165, 1.54) is 19.2 Å². The lowest BCUT2D eigenvalue weighted by atomic mass is 10.0. The highest BCUT2D eigenvalue weighted by Gasteiger charge is 2.31. The fourth-order valence-corrected chi connectivity index (χ4v) is 2.11. The minimum absolute atomic E-state index is 0.00239. The van der Waals surface area contributed by atoms with E-state index < -0.39 is 40.7 Å². The highest BCUT2D eigenvalue weighted by Crippen LogP contribution is 2.32. The zero-order valence-corrected chi connectivity index (χ0v) is 11.5. The second kappa shape index (κ2) is 5.53. The van der Waals surface area contributed by atoms with E-state index in [9.17, 15) is 22.0 Å². The molecule has 2 rings (SSSR count). The Morgan fingerprint density at radius 3 is 1.85 bits per heavy atom. The van der Waals surface area contributed by atoms with Gasteiger partial charge in [0.15, 0.2) is 27.9 Å². The first kappa shape index (κ1) is 15.0. The average Bonchev–Trinajstić information content (AvgIpc) is 2.85. The van der Waals surface area contributed by atoms with Crippen LogP contribution in [0, 0.1) is 29.1 Å². The summed E-state index contributed by atoms with van der Waals surface area (Å²) in [6, 6.07) is 1.47. The van der Waals surface area contributed by atoms with Crippen LogP contribution in [-0.4, -0.2) is 7.05 Å². The minimum Gasteiger partial charge on any atom is -0.452 e. The molecular weight excluding hydrogens is 349 g/mol. The molecule has 0 saturated carbocycles. The third-order valence-corrected chi connectivity index (χ3v) is 3.13. The Morgan fingerprint density at radius 2 is 1.45 bits per heavy atom. The summed E-state index contributed by atoms with van der Waals surface area (Å²) in [5, 5.41) is 2.45. The third kappa shape index (κ3) is 2.33. The predicted octanol–water partition coefficient (Wildman–Crippen LogP) is 4.05. The lowest BCUT2D eigenvalue weighted by Gasteiger charge is -2.16. The summed E-state index contributed by atoms with van der Waals surface area (Å²) in [4.78, 5) is 0. The van der Waals surface area contributed by atoms with Crippen molar-refractivity contribution in [1.82, 2.24) is 5.32 Å². The van der Waals surface area contributed by atoms with Crippen molar-refractivity contribution in [3.8, 4) is 0 Å². The van der Waals surface area contributed by atoms with Gasteiger partial charge in [0.1, 0.15) is 5.76 Å². The third-order valence-electron chi connectivity index (χ3n) is 2.70. The van der Waals surface area contributed by atoms with Crippen molar-refractivity contribution in [3.05, 3.63) is 57.2 Å². The van der Waals surface area contributed by atoms with E-state index >= 15 is 0 Å². The first-order valence-corrected chi connectivity index (χ1v) is 6.11. The number of hydrogen-bond acceptors (Lipinski definition) is 2. The standard InChI is InChI=1S/C12H7BrF5NO/c1-19-12(4-2-3-5(13)20-4)6-7(14)9(16)11(18)10(17)8(6)15/h2-3,12,19H,1H3. The fraction of sp³-hybridized carbons (Fsp3) is 0.167. The fourth-order valence-electron chi connectivity index (χ4n) is 1.79. The minimum atomic E-state index is -2.20. The zero-order valence-electron chi connectivity index (χ0n) is 9.91. The quantitative estimate of drug-likeness (QED) is 0.510. The van der Waals surface area contributed by atoms with Crippen LogP contribution in [0.4, 0.5) is 22.0 Å². The summed E-state index contributed by atoms with van der Waals surface area (Å²) < 4.78 is 72.2. The topological polar surface area (TPSA) is 25.2 Å². The van der Waals surface area contributed by atoms with Crippen LogP contribution in [0.25, 0.3) is 0 Å². The summed E-state index contributed by atoms with van der Waals surface area (Å²) in [6.45, 7) is 0. The SMILES string of the molecule is CNC(c1ccc(Br)o1)c1c(F)c(F)c(F)c(F)c1F. The maximum absolute atomic E-state index is 13.7. The lowest BCUT2D eigenvalue weighted by Crippen LogP contribution is -2.22. The molecule has 2 aromatic rings. The van der Waals surface area contributed by atoms with E-state index in [4.69, 9.17) is 4.42 Å². The van der Waals surface area contributed by atoms with E-state index in [1.807, 2.05) is 0 Å². The number of halogens is 6. The van der Waals surface area contributed by atoms with Gasteiger partial charge in [-0.05, 0) is 35.1 Å². The molecule has 1 heterocycles. The van der Waals surface area contributed by atoms with Gasteiger partial charge in [-0.3, -0.25) is 0 Å². The normalized spacial score (nSPS) is 12.8. The Labute approximate surface area is 118 Å². The molecule has 0 spiro atoms. The Balaban J connectivity index is 2.67. The summed E-state index contributed by atoms with van der Waals surface area (Å²) in [5.74, 6) is -9.97. The molecule has 1 aromatic carbocycles. The molecule has 1 atom stereocenters. The Kier molecular flexibility index (Phi) is 4.14. The second-order valence-electron chi connectivity index (χ2n) is 3.85. The first-order valence-electron chi connectivity index (χ1n) is 5.32. The molecule has 20 heavy (non-hydrogen) atoms. The van der Waals surface area contributed by atoms with Crippen LogP contribution in [0.15, 0.2) is 21.2 Å². The first-order chi connectivity index (χ1) is 9.38. The Hall–Kier alpha value is -1.41. The number of rotatable bonds is 3. The van der Waals surface area contributed by atoms with E-state index in [-0.39, 0.29) is 10.4 Å². The molecular formula is C12H7BrF5NO. The van der Waals surface area contributed by atoms with Gasteiger partial charge >= 0.3 is 0 Å². The predicted molar refractivity (Wildman–Crippen MR) is 63.5 cm³/mol. The highest BCUT2D eigenvalue weighted by atomic mass is 79.9. The molecule has 0 aliphatic rings. The van der Waals surface area contributed by atoms with Gasteiger partial charge in [0.25, 0.3) is 0 Å². The van der Waals surface area contributed by atoms with E-state index in [0.717, 1.165) is 0 Å². The van der Waals surface area contributed by atoms with Gasteiger partial charge < -0.3 is 9.73 Å². The van der Waals surface area contributed by atoms with Crippen LogP contribution >= 0.6 is 15.9 Å². The van der Waals surface area contributed by atoms with Crippen LogP contribution in [-0.2, 0) is 0 Å². The molecule has 0 bridgehead atoms. The maximum atomic E-state index is 13.7. The number of furan rings is 1. The van der Waals surface area contributed by atoms with Crippen LogP contribution in [0.1, 0.15) is 17.4 Å². The van der Waals surface area contributed by atoms with Gasteiger partial charge in [-0.25, -0.2) is 22.0 Å². The molecule has 0 saturated heterocycles. The molecule has 0 radical (unpaired) electrons. The highest BCUT2D eigenvalue weighted by molar-refractivity contribution is 9.10. The van der Waals surface area contributed by atoms with Crippen LogP contribution in [0.2, 0.25) is 0 Å². The second-order valence-corrected chi connectivity index (χ2v) is 4.63. The van der Waals surface area contributed by atoms with E-state index in [0.29, 0.717) is 0 Å². The average molecular weight is 356 g/mol. The van der Waals surface area contributed by atoms with Crippen molar-refractivity contribution in [2.24, 2.45) is 0 Å². The van der Waals surface area contributed by atoms with Crippen molar-refractivity contribution in [1.29, 1.82) is 0 Å². The summed E-state index contributed by atoms with van der Waals surface area (Å²) in [7, 11) is 1.30. The number of hydrogen-bond donors (Lipinski definition) is 1. The number of nitrogens with one attached hydrogen (secondary N) is 1. The molecule has 0 aliphatic carbocycles. The summed E-state index contributed by atoms with van der Waals surface area (Å²) in [6.07, 6.45) is 0. The van der Waals surface area contributed by atoms with E-state index in [1.54, 1.807) is 0 Å². The summed E-state index contributed by atoms with van der Waals surface area (Å²) >= 11 is 2.99. The molecule has 2 nitrogen and oxygen atoms in total. The van der Waals surface area contributed by atoms with Crippen LogP contribution < -0.4 is 5.32 Å². The van der Waals surface area contributed by atoms with Crippen molar-refractivity contribution < 1.29 is 26.4 Å². The monoisotopic (exact) mass is 355 g/mol. The van der Waals surface area contributed by atoms with Crippen molar-refractivity contribution in [2.75, 3.05) is 7.05 Å². The molecule has 0 fully saturated rings. The van der Waals surface area contributed by atoms with Crippen LogP contribution in [0.3, 0.4) is 0 Å². The molecule has 0 amide bonds. The smallest absolute Gasteiger partial charge is 0.200 e. The molecule has 1 aromatic heterocycles. The van der Waals surface area contributed by atoms with Crippen molar-refractivity contribution >= 4 is 15.9 Å². The van der Waals surface area contributed by atoms with Crippen molar-refractivity contribution in [2.45, 2.75) is 6.04 Å². The largest absolute Gasteiger partial charge is 0.452 e. The maximum Gasteiger partial charge on any atom is 0.200 e. The van der Waals surface area contributed by atoms with Gasteiger partial charge in [0.2, 0.25) is 5.82 Å². The molecule has 1 unspecified atom stereocenters.